The van der Waals surface area contributed by atoms with E-state index in [9.17, 15) is 4.79 Å². The maximum atomic E-state index is 11.8. The van der Waals surface area contributed by atoms with E-state index in [1.165, 1.54) is 18.4 Å². The van der Waals surface area contributed by atoms with Crippen LogP contribution < -0.4 is 5.32 Å². The summed E-state index contributed by atoms with van der Waals surface area (Å²) in [6.45, 7) is 4.34. The number of unbranched alkanes of at least 4 members (excludes halogenated alkanes) is 3. The van der Waals surface area contributed by atoms with E-state index in [2.05, 4.69) is 25.2 Å². The molecule has 0 aliphatic rings. The van der Waals surface area contributed by atoms with Gasteiger partial charge in [0.25, 0.3) is 0 Å². The molecule has 0 radical (unpaired) electrons. The second-order valence-corrected chi connectivity index (χ2v) is 4.77. The molecule has 0 aliphatic carbocycles. The first-order valence-electron chi connectivity index (χ1n) is 7.15. The largest absolute Gasteiger partial charge is 0.326 e. The number of anilines is 1. The zero-order valence-electron chi connectivity index (χ0n) is 11.7. The molecule has 0 heterocycles. The predicted molar refractivity (Wildman–Crippen MR) is 77.8 cm³/mol. The third kappa shape index (κ3) is 5.35. The maximum Gasteiger partial charge on any atom is 0.224 e. The zero-order valence-corrected chi connectivity index (χ0v) is 11.7. The average Bonchev–Trinajstić information content (AvgIpc) is 2.38. The molecule has 1 aromatic carbocycles. The lowest BCUT2D eigenvalue weighted by Gasteiger charge is -2.10. The highest BCUT2D eigenvalue weighted by Crippen LogP contribution is 2.18. The minimum atomic E-state index is 0.146. The van der Waals surface area contributed by atoms with Gasteiger partial charge in [-0.05, 0) is 30.9 Å². The van der Waals surface area contributed by atoms with E-state index < -0.39 is 0 Å². The number of para-hydroxylation sites is 1. The van der Waals surface area contributed by atoms with E-state index in [-0.39, 0.29) is 5.91 Å². The molecule has 0 spiro atoms. The van der Waals surface area contributed by atoms with E-state index in [1.54, 1.807) is 0 Å². The molecule has 1 aromatic rings. The van der Waals surface area contributed by atoms with Crippen LogP contribution in [-0.4, -0.2) is 5.91 Å². The highest BCUT2D eigenvalue weighted by atomic mass is 16.1. The van der Waals surface area contributed by atoms with Gasteiger partial charge in [0.1, 0.15) is 0 Å². The molecule has 2 heteroatoms. The number of hydrogen-bond donors (Lipinski definition) is 1. The minimum Gasteiger partial charge on any atom is -0.326 e. The van der Waals surface area contributed by atoms with Crippen molar-refractivity contribution in [3.8, 4) is 0 Å². The van der Waals surface area contributed by atoms with Gasteiger partial charge in [0.15, 0.2) is 0 Å². The summed E-state index contributed by atoms with van der Waals surface area (Å²) >= 11 is 0. The van der Waals surface area contributed by atoms with Crippen molar-refractivity contribution >= 4 is 11.6 Å². The third-order valence-electron chi connectivity index (χ3n) is 3.10. The summed E-state index contributed by atoms with van der Waals surface area (Å²) in [5.41, 5.74) is 2.25. The van der Waals surface area contributed by atoms with Crippen LogP contribution in [0.25, 0.3) is 0 Å². The number of amides is 1. The van der Waals surface area contributed by atoms with Gasteiger partial charge in [-0.2, -0.15) is 0 Å². The first-order chi connectivity index (χ1) is 8.77. The number of aryl methyl sites for hydroxylation is 1. The molecule has 1 rings (SSSR count). The SMILES string of the molecule is CCCCCC(=O)Nc1ccccc1CCCC. The summed E-state index contributed by atoms with van der Waals surface area (Å²) in [5, 5.41) is 3.04. The Morgan fingerprint density at radius 1 is 1.06 bits per heavy atom. The highest BCUT2D eigenvalue weighted by molar-refractivity contribution is 5.91. The van der Waals surface area contributed by atoms with Gasteiger partial charge in [0, 0.05) is 12.1 Å². The number of nitrogens with one attached hydrogen (secondary N) is 1. The first kappa shape index (κ1) is 14.7. The van der Waals surface area contributed by atoms with Crippen molar-refractivity contribution < 1.29 is 4.79 Å². The second-order valence-electron chi connectivity index (χ2n) is 4.77. The van der Waals surface area contributed by atoms with Crippen LogP contribution in [0.5, 0.6) is 0 Å². The number of carbonyl (C=O) groups is 1. The molecule has 1 N–H and O–H groups in total. The van der Waals surface area contributed by atoms with Gasteiger partial charge >= 0.3 is 0 Å². The standard InChI is InChI=1S/C16H25NO/c1-3-5-7-13-16(18)17-15-12-9-8-11-14(15)10-6-4-2/h8-9,11-12H,3-7,10,13H2,1-2H3,(H,17,18). The average molecular weight is 247 g/mol. The molecule has 1 amide bonds. The van der Waals surface area contributed by atoms with Crippen LogP contribution in [-0.2, 0) is 11.2 Å². The van der Waals surface area contributed by atoms with E-state index in [4.69, 9.17) is 0 Å². The molecule has 0 aliphatic heterocycles. The summed E-state index contributed by atoms with van der Waals surface area (Å²) < 4.78 is 0. The summed E-state index contributed by atoms with van der Waals surface area (Å²) in [7, 11) is 0. The Labute approximate surface area is 111 Å². The van der Waals surface area contributed by atoms with Crippen molar-refractivity contribution in [2.75, 3.05) is 5.32 Å². The van der Waals surface area contributed by atoms with Crippen molar-refractivity contribution in [2.24, 2.45) is 0 Å². The quantitative estimate of drug-likeness (QED) is 0.671. The Hall–Kier alpha value is -1.31. The normalized spacial score (nSPS) is 10.3. The van der Waals surface area contributed by atoms with E-state index >= 15 is 0 Å². The van der Waals surface area contributed by atoms with Gasteiger partial charge in [-0.15, -0.1) is 0 Å². The molecule has 0 fully saturated rings. The van der Waals surface area contributed by atoms with Crippen LogP contribution in [0.15, 0.2) is 24.3 Å². The van der Waals surface area contributed by atoms with Crippen molar-refractivity contribution in [1.29, 1.82) is 0 Å². The second kappa shape index (κ2) is 8.73. The molecule has 0 saturated carbocycles. The van der Waals surface area contributed by atoms with Gasteiger partial charge < -0.3 is 5.32 Å². The van der Waals surface area contributed by atoms with Gasteiger partial charge in [0.05, 0.1) is 0 Å². The topological polar surface area (TPSA) is 29.1 Å². The summed E-state index contributed by atoms with van der Waals surface area (Å²) in [6, 6.07) is 8.13. The first-order valence-corrected chi connectivity index (χ1v) is 7.15. The van der Waals surface area contributed by atoms with Crippen LogP contribution in [0.3, 0.4) is 0 Å². The summed E-state index contributed by atoms with van der Waals surface area (Å²) in [5.74, 6) is 0.146. The molecule has 0 bridgehead atoms. The minimum absolute atomic E-state index is 0.146. The van der Waals surface area contributed by atoms with Crippen LogP contribution >= 0.6 is 0 Å². The lowest BCUT2D eigenvalue weighted by atomic mass is 10.1. The Bertz CT molecular complexity index is 360. The molecule has 100 valence electrons. The third-order valence-corrected chi connectivity index (χ3v) is 3.10. The van der Waals surface area contributed by atoms with Gasteiger partial charge in [-0.1, -0.05) is 51.3 Å². The van der Waals surface area contributed by atoms with E-state index in [0.29, 0.717) is 6.42 Å². The van der Waals surface area contributed by atoms with Crippen molar-refractivity contribution in [2.45, 2.75) is 58.8 Å². The van der Waals surface area contributed by atoms with Crippen LogP contribution in [0, 0.1) is 0 Å². The van der Waals surface area contributed by atoms with E-state index in [1.807, 2.05) is 18.2 Å². The lowest BCUT2D eigenvalue weighted by Crippen LogP contribution is -2.12. The van der Waals surface area contributed by atoms with Crippen molar-refractivity contribution in [1.82, 2.24) is 0 Å². The summed E-state index contributed by atoms with van der Waals surface area (Å²) in [6.07, 6.45) is 7.30. The fraction of sp³-hybridized carbons (Fsp3) is 0.562. The van der Waals surface area contributed by atoms with Gasteiger partial charge in [-0.3, -0.25) is 4.79 Å². The molecular weight excluding hydrogens is 222 g/mol. The van der Waals surface area contributed by atoms with E-state index in [0.717, 1.165) is 31.4 Å². The predicted octanol–water partition coefficient (Wildman–Crippen LogP) is 4.55. The Morgan fingerprint density at radius 3 is 2.50 bits per heavy atom. The highest BCUT2D eigenvalue weighted by Gasteiger charge is 2.05. The van der Waals surface area contributed by atoms with Gasteiger partial charge in [-0.25, -0.2) is 0 Å². The van der Waals surface area contributed by atoms with Crippen LogP contribution in [0.4, 0.5) is 5.69 Å². The molecule has 0 unspecified atom stereocenters. The molecule has 0 aromatic heterocycles. The monoisotopic (exact) mass is 247 g/mol. The maximum absolute atomic E-state index is 11.8. The zero-order chi connectivity index (χ0) is 13.2. The smallest absolute Gasteiger partial charge is 0.224 e. The Balaban J connectivity index is 2.51. The van der Waals surface area contributed by atoms with Crippen molar-refractivity contribution in [3.63, 3.8) is 0 Å². The number of benzene rings is 1. The number of rotatable bonds is 8. The fourth-order valence-corrected chi connectivity index (χ4v) is 1.98. The van der Waals surface area contributed by atoms with Crippen LogP contribution in [0.1, 0.15) is 57.9 Å². The Morgan fingerprint density at radius 2 is 1.78 bits per heavy atom. The molecular formula is C16H25NO. The number of carbonyl (C=O) groups excluding carboxylic acids is 1. The summed E-state index contributed by atoms with van der Waals surface area (Å²) in [4.78, 5) is 11.8. The molecule has 2 nitrogen and oxygen atoms in total. The fourth-order valence-electron chi connectivity index (χ4n) is 1.98. The molecule has 0 saturated heterocycles. The number of hydrogen-bond acceptors (Lipinski definition) is 1. The Kier molecular flexibility index (Phi) is 7.16. The molecule has 0 atom stereocenters. The lowest BCUT2D eigenvalue weighted by molar-refractivity contribution is -0.116. The van der Waals surface area contributed by atoms with Crippen molar-refractivity contribution in [3.05, 3.63) is 29.8 Å². The molecule has 18 heavy (non-hydrogen) atoms. The van der Waals surface area contributed by atoms with Crippen LogP contribution in [0.2, 0.25) is 0 Å². The van der Waals surface area contributed by atoms with Gasteiger partial charge in [0.2, 0.25) is 5.91 Å².